The van der Waals surface area contributed by atoms with Gasteiger partial charge in [-0.15, -0.1) is 11.8 Å². The van der Waals surface area contributed by atoms with E-state index < -0.39 is 56.7 Å². The van der Waals surface area contributed by atoms with Crippen LogP contribution in [0, 0.1) is 0 Å². The fourth-order valence-corrected chi connectivity index (χ4v) is 9.36. The zero-order valence-electron chi connectivity index (χ0n) is 32.2. The van der Waals surface area contributed by atoms with E-state index in [1.807, 2.05) is 103 Å². The van der Waals surface area contributed by atoms with Crippen molar-refractivity contribution in [3.05, 3.63) is 197 Å². The van der Waals surface area contributed by atoms with Crippen molar-refractivity contribution in [3.8, 4) is 0 Å². The first kappa shape index (κ1) is 40.9. The van der Waals surface area contributed by atoms with Gasteiger partial charge in [0.05, 0.1) is 12.0 Å². The summed E-state index contributed by atoms with van der Waals surface area (Å²) in [5, 5.41) is 6.37. The molecule has 0 aliphatic carbocycles. The van der Waals surface area contributed by atoms with Crippen molar-refractivity contribution < 1.29 is 36.6 Å². The summed E-state index contributed by atoms with van der Waals surface area (Å²) in [6, 6.07) is 44.8. The van der Waals surface area contributed by atoms with Gasteiger partial charge in [0, 0.05) is 28.2 Å². The Balaban J connectivity index is 1.13. The molecule has 61 heavy (non-hydrogen) atoms. The lowest BCUT2D eigenvalue weighted by atomic mass is 9.80. The van der Waals surface area contributed by atoms with Crippen LogP contribution in [0.3, 0.4) is 0 Å². The van der Waals surface area contributed by atoms with E-state index >= 15 is 0 Å². The molecular formula is C44H36N6O8S3. The highest BCUT2D eigenvalue weighted by Crippen LogP contribution is 2.43. The molecule has 5 aromatic carbocycles. The minimum Gasteiger partial charge on any atom is -0.448 e. The van der Waals surface area contributed by atoms with Gasteiger partial charge in [0.2, 0.25) is 17.1 Å². The van der Waals surface area contributed by atoms with Crippen LogP contribution in [0.5, 0.6) is 0 Å². The second-order valence-electron chi connectivity index (χ2n) is 13.8. The van der Waals surface area contributed by atoms with Gasteiger partial charge in [-0.05, 0) is 11.1 Å². The third kappa shape index (κ3) is 8.48. The van der Waals surface area contributed by atoms with Crippen molar-refractivity contribution in [1.29, 1.82) is 0 Å². The van der Waals surface area contributed by atoms with E-state index in [0.717, 1.165) is 34.5 Å². The summed E-state index contributed by atoms with van der Waals surface area (Å²) in [6.45, 7) is 0. The summed E-state index contributed by atoms with van der Waals surface area (Å²) in [5.74, 6) is -3.20. The summed E-state index contributed by atoms with van der Waals surface area (Å²) < 4.78 is 40.5. The molecule has 2 atom stereocenters. The molecule has 2 aliphatic heterocycles. The van der Waals surface area contributed by atoms with Gasteiger partial charge in [-0.1, -0.05) is 157 Å². The van der Waals surface area contributed by atoms with Crippen LogP contribution < -0.4 is 11.1 Å². The molecule has 2 aliphatic rings. The first-order valence-electron chi connectivity index (χ1n) is 18.7. The fraction of sp³-hybridized carbons (Fsp3) is 0.136. The second-order valence-corrected chi connectivity index (χ2v) is 17.3. The van der Waals surface area contributed by atoms with Crippen molar-refractivity contribution in [2.75, 3.05) is 17.7 Å². The number of esters is 1. The number of ether oxygens (including phenoxy) is 1. The first-order chi connectivity index (χ1) is 29.5. The molecule has 1 unspecified atom stereocenters. The molecule has 6 aromatic rings. The van der Waals surface area contributed by atoms with Gasteiger partial charge in [0.25, 0.3) is 11.8 Å². The standard InChI is InChI=1S/C44H36N6O8S3/c1-61(54,55)57-33-27-59-41-35(40(52)50(41)36(33)42(53)56-37(28-17-7-2-8-18-28)29-19-9-3-10-20-29)46-39(51)34(38-47-43(45)60-49-38)48-58-44(30-21-11-4-12-22-30,31-23-13-5-14-24-31)32-25-15-6-16-26-32/h2-26,35,37,41H,27H2,1H3,(H,46,51)(H2,45,47,49)/b48-34-/t35-,41?/m1/s1. The zero-order chi connectivity index (χ0) is 42.6. The molecular weight excluding hydrogens is 837 g/mol. The molecule has 1 fully saturated rings. The maximum atomic E-state index is 14.4. The Bertz CT molecular complexity index is 2590. The number of nitrogens with two attached hydrogens (primary N) is 1. The molecule has 14 nitrogen and oxygen atoms in total. The van der Waals surface area contributed by atoms with Gasteiger partial charge in [-0.2, -0.15) is 17.8 Å². The van der Waals surface area contributed by atoms with Crippen LogP contribution in [-0.4, -0.2) is 69.6 Å². The predicted molar refractivity (Wildman–Crippen MR) is 230 cm³/mol. The number of hydrogen-bond acceptors (Lipinski definition) is 14. The Morgan fingerprint density at radius 1 is 0.820 bits per heavy atom. The number of nitrogen functional groups attached to an aromatic ring is 1. The number of aromatic nitrogens is 2. The number of carbonyl (C=O) groups excluding carboxylic acids is 3. The lowest BCUT2D eigenvalue weighted by molar-refractivity contribution is -0.154. The Hall–Kier alpha value is -6.82. The van der Waals surface area contributed by atoms with Crippen LogP contribution in [0.4, 0.5) is 5.13 Å². The van der Waals surface area contributed by atoms with E-state index in [2.05, 4.69) is 19.8 Å². The van der Waals surface area contributed by atoms with Crippen LogP contribution in [0.25, 0.3) is 0 Å². The number of rotatable bonds is 14. The van der Waals surface area contributed by atoms with Crippen molar-refractivity contribution >= 4 is 62.0 Å². The van der Waals surface area contributed by atoms with Gasteiger partial charge in [-0.25, -0.2) is 4.79 Å². The van der Waals surface area contributed by atoms with E-state index in [-0.39, 0.29) is 28.2 Å². The maximum absolute atomic E-state index is 14.4. The smallest absolute Gasteiger partial charge is 0.359 e. The van der Waals surface area contributed by atoms with Crippen LogP contribution in [0.1, 0.15) is 39.7 Å². The number of β-lactam (4-membered cyclic amide) rings is 1. The normalized spacial score (nSPS) is 16.7. The topological polar surface area (TPSA) is 192 Å². The summed E-state index contributed by atoms with van der Waals surface area (Å²) in [7, 11) is -4.15. The highest BCUT2D eigenvalue weighted by Gasteiger charge is 2.56. The number of benzene rings is 5. The molecule has 1 saturated heterocycles. The van der Waals surface area contributed by atoms with Gasteiger partial charge in [0.1, 0.15) is 11.4 Å². The average molecular weight is 873 g/mol. The lowest BCUT2D eigenvalue weighted by Gasteiger charge is -2.49. The summed E-state index contributed by atoms with van der Waals surface area (Å²) in [5.41, 5.74) is 7.19. The minimum atomic E-state index is -4.15. The van der Waals surface area contributed by atoms with E-state index in [1.54, 1.807) is 48.5 Å². The largest absolute Gasteiger partial charge is 0.448 e. The van der Waals surface area contributed by atoms with E-state index in [9.17, 15) is 22.8 Å². The number of fused-ring (bicyclic) bond motifs is 1. The minimum absolute atomic E-state index is 0.0562. The van der Waals surface area contributed by atoms with Crippen LogP contribution in [-0.2, 0) is 43.9 Å². The van der Waals surface area contributed by atoms with E-state index in [4.69, 9.17) is 19.5 Å². The molecule has 17 heteroatoms. The quantitative estimate of drug-likeness (QED) is 0.0337. The Morgan fingerprint density at radius 3 is 1.77 bits per heavy atom. The van der Waals surface area contributed by atoms with Crippen LogP contribution in [0.2, 0.25) is 0 Å². The number of anilines is 1. The molecule has 2 amide bonds. The SMILES string of the molecule is CS(=O)(=O)OC1=C(C(=O)OC(c2ccccc2)c2ccccc2)N2C(=O)[C@@H](NC(=O)/C(=N\OC(c3ccccc3)(c3ccccc3)c3ccccc3)c3nsc(N)n3)C2SC1. The zero-order valence-corrected chi connectivity index (χ0v) is 34.7. The molecule has 0 spiro atoms. The van der Waals surface area contributed by atoms with Gasteiger partial charge >= 0.3 is 16.1 Å². The lowest BCUT2D eigenvalue weighted by Crippen LogP contribution is -2.71. The number of nitrogens with one attached hydrogen (secondary N) is 1. The Kier molecular flexibility index (Phi) is 11.7. The number of carbonyl (C=O) groups is 3. The van der Waals surface area contributed by atoms with E-state index in [0.29, 0.717) is 27.8 Å². The van der Waals surface area contributed by atoms with Gasteiger partial charge in [-0.3, -0.25) is 14.5 Å². The van der Waals surface area contributed by atoms with Crippen molar-refractivity contribution in [2.45, 2.75) is 23.1 Å². The van der Waals surface area contributed by atoms with E-state index in [1.165, 1.54) is 0 Å². The number of amides is 2. The number of hydrogen-bond donors (Lipinski definition) is 2. The third-order valence-corrected chi connectivity index (χ3v) is 12.1. The van der Waals surface area contributed by atoms with Crippen molar-refractivity contribution in [2.24, 2.45) is 5.16 Å². The highest BCUT2D eigenvalue weighted by atomic mass is 32.2. The molecule has 308 valence electrons. The second kappa shape index (κ2) is 17.4. The van der Waals surface area contributed by atoms with Crippen molar-refractivity contribution in [1.82, 2.24) is 19.6 Å². The first-order valence-corrected chi connectivity index (χ1v) is 22.4. The Labute approximate surface area is 359 Å². The monoisotopic (exact) mass is 872 g/mol. The maximum Gasteiger partial charge on any atom is 0.359 e. The summed E-state index contributed by atoms with van der Waals surface area (Å²) in [6.07, 6.45) is -0.0878. The molecule has 0 radical (unpaired) electrons. The molecule has 0 bridgehead atoms. The summed E-state index contributed by atoms with van der Waals surface area (Å²) in [4.78, 5) is 54.7. The summed E-state index contributed by atoms with van der Waals surface area (Å²) >= 11 is 1.92. The fourth-order valence-electron chi connectivity index (χ4n) is 7.09. The number of oxime groups is 1. The van der Waals surface area contributed by atoms with Gasteiger partial charge in [0.15, 0.2) is 22.7 Å². The number of nitrogens with zero attached hydrogens (tertiary/aromatic N) is 4. The molecule has 3 N–H and O–H groups in total. The van der Waals surface area contributed by atoms with Gasteiger partial charge < -0.3 is 24.8 Å². The number of thioether (sulfide) groups is 1. The molecule has 1 aromatic heterocycles. The average Bonchev–Trinajstić information content (AvgIpc) is 3.72. The van der Waals surface area contributed by atoms with Crippen LogP contribution >= 0.6 is 23.3 Å². The Morgan fingerprint density at radius 2 is 1.31 bits per heavy atom. The van der Waals surface area contributed by atoms with Crippen molar-refractivity contribution in [3.63, 3.8) is 0 Å². The predicted octanol–water partition coefficient (Wildman–Crippen LogP) is 5.75. The molecule has 8 rings (SSSR count). The molecule has 3 heterocycles. The highest BCUT2D eigenvalue weighted by molar-refractivity contribution is 8.00. The third-order valence-electron chi connectivity index (χ3n) is 9.78. The van der Waals surface area contributed by atoms with Crippen LogP contribution in [0.15, 0.2) is 168 Å². The molecule has 0 saturated carbocycles.